The van der Waals surface area contributed by atoms with Gasteiger partial charge < -0.3 is 9.47 Å². The van der Waals surface area contributed by atoms with Gasteiger partial charge in [-0.25, -0.2) is 0 Å². The van der Waals surface area contributed by atoms with Gasteiger partial charge in [0.15, 0.2) is 17.3 Å². The highest BCUT2D eigenvalue weighted by molar-refractivity contribution is 7.15. The fourth-order valence-electron chi connectivity index (χ4n) is 3.14. The zero-order valence-corrected chi connectivity index (χ0v) is 18.4. The van der Waals surface area contributed by atoms with Gasteiger partial charge in [-0.05, 0) is 49.2 Å². The van der Waals surface area contributed by atoms with Crippen molar-refractivity contribution in [3.63, 3.8) is 0 Å². The van der Waals surface area contributed by atoms with E-state index >= 15 is 0 Å². The maximum absolute atomic E-state index is 12.8. The fourth-order valence-corrected chi connectivity index (χ4v) is 4.05. The molecule has 0 unspecified atom stereocenters. The summed E-state index contributed by atoms with van der Waals surface area (Å²) in [5.41, 5.74) is 1.44. The zero-order valence-electron chi connectivity index (χ0n) is 17.6. The van der Waals surface area contributed by atoms with Gasteiger partial charge in [-0.15, -0.1) is 5.10 Å². The molecule has 3 aromatic heterocycles. The molecule has 0 bridgehead atoms. The Kier molecular flexibility index (Phi) is 6.57. The molecule has 0 spiro atoms. The summed E-state index contributed by atoms with van der Waals surface area (Å²) in [6.07, 6.45) is 8.49. The fraction of sp³-hybridized carbons (Fsp3) is 0.304. The molecule has 4 aromatic rings. The van der Waals surface area contributed by atoms with Gasteiger partial charge in [0, 0.05) is 18.0 Å². The number of fused-ring (bicyclic) bond motifs is 1. The third-order valence-corrected chi connectivity index (χ3v) is 5.63. The average Bonchev–Trinajstić information content (AvgIpc) is 3.33. The van der Waals surface area contributed by atoms with Gasteiger partial charge in [-0.2, -0.15) is 9.50 Å². The highest BCUT2D eigenvalue weighted by Gasteiger charge is 2.12. The van der Waals surface area contributed by atoms with Crippen LogP contribution in [0.1, 0.15) is 38.7 Å². The summed E-state index contributed by atoms with van der Waals surface area (Å²) < 4.78 is 13.5. The van der Waals surface area contributed by atoms with Gasteiger partial charge in [0.25, 0.3) is 5.56 Å². The third kappa shape index (κ3) is 4.74. The highest BCUT2D eigenvalue weighted by atomic mass is 32.1. The van der Waals surface area contributed by atoms with E-state index in [-0.39, 0.29) is 5.56 Å². The molecule has 0 fully saturated rings. The standard InChI is InChI=1S/C23H24N4O3S/c1-3-5-6-12-30-18-10-9-16(13-19(18)29-4-2)14-20-22(28)27-23(31-20)25-21(26-27)17-8-7-11-24-15-17/h7-11,13-15H,3-6,12H2,1-2H3. The maximum Gasteiger partial charge on any atom is 0.291 e. The topological polar surface area (TPSA) is 78.6 Å². The SMILES string of the molecule is CCCCCOc1ccc(C=c2sc3nc(-c4cccnc4)nn3c2=O)cc1OCC. The lowest BCUT2D eigenvalue weighted by molar-refractivity contribution is 0.271. The van der Waals surface area contributed by atoms with E-state index in [1.165, 1.54) is 15.9 Å². The number of hydrogen-bond donors (Lipinski definition) is 0. The van der Waals surface area contributed by atoms with Crippen molar-refractivity contribution in [1.82, 2.24) is 19.6 Å². The van der Waals surface area contributed by atoms with Crippen molar-refractivity contribution in [3.05, 3.63) is 63.2 Å². The predicted octanol–water partition coefficient (Wildman–Crippen LogP) is 3.73. The second kappa shape index (κ2) is 9.70. The lowest BCUT2D eigenvalue weighted by Gasteiger charge is -2.12. The molecule has 0 amide bonds. The Morgan fingerprint density at radius 3 is 2.77 bits per heavy atom. The number of ether oxygens (including phenoxy) is 2. The molecule has 0 saturated carbocycles. The molecule has 0 aliphatic carbocycles. The highest BCUT2D eigenvalue weighted by Crippen LogP contribution is 2.29. The maximum atomic E-state index is 12.8. The first-order chi connectivity index (χ1) is 15.2. The lowest BCUT2D eigenvalue weighted by Crippen LogP contribution is -2.23. The number of unbranched alkanes of at least 4 members (excludes halogenated alkanes) is 2. The van der Waals surface area contributed by atoms with E-state index in [0.717, 1.165) is 36.1 Å². The van der Waals surface area contributed by atoms with Gasteiger partial charge in [-0.1, -0.05) is 37.2 Å². The van der Waals surface area contributed by atoms with E-state index in [4.69, 9.17) is 9.47 Å². The van der Waals surface area contributed by atoms with Crippen molar-refractivity contribution >= 4 is 22.4 Å². The van der Waals surface area contributed by atoms with Gasteiger partial charge in [0.1, 0.15) is 0 Å². The minimum Gasteiger partial charge on any atom is -0.490 e. The molecule has 0 radical (unpaired) electrons. The third-order valence-electron chi connectivity index (χ3n) is 4.67. The largest absolute Gasteiger partial charge is 0.490 e. The number of nitrogens with zero attached hydrogens (tertiary/aromatic N) is 4. The van der Waals surface area contributed by atoms with Gasteiger partial charge in [0.05, 0.1) is 17.7 Å². The molecule has 0 aliphatic rings. The van der Waals surface area contributed by atoms with Crippen molar-refractivity contribution in [2.45, 2.75) is 33.1 Å². The van der Waals surface area contributed by atoms with E-state index in [1.54, 1.807) is 12.4 Å². The minimum absolute atomic E-state index is 0.194. The number of aromatic nitrogens is 4. The van der Waals surface area contributed by atoms with Crippen LogP contribution in [0.4, 0.5) is 0 Å². The number of rotatable bonds is 9. The van der Waals surface area contributed by atoms with E-state index in [0.29, 0.717) is 34.3 Å². The van der Waals surface area contributed by atoms with E-state index in [1.807, 2.05) is 43.3 Å². The Hall–Kier alpha value is -3.26. The molecule has 8 heteroatoms. The Bertz CT molecular complexity index is 1270. The molecule has 0 atom stereocenters. The van der Waals surface area contributed by atoms with Crippen LogP contribution in [0, 0.1) is 0 Å². The van der Waals surface area contributed by atoms with Crippen molar-refractivity contribution < 1.29 is 9.47 Å². The molecule has 0 N–H and O–H groups in total. The second-order valence-corrected chi connectivity index (χ2v) is 7.99. The number of hydrogen-bond acceptors (Lipinski definition) is 7. The number of benzene rings is 1. The molecule has 31 heavy (non-hydrogen) atoms. The lowest BCUT2D eigenvalue weighted by atomic mass is 10.2. The van der Waals surface area contributed by atoms with Crippen LogP contribution in [-0.2, 0) is 0 Å². The quantitative estimate of drug-likeness (QED) is 0.372. The monoisotopic (exact) mass is 436 g/mol. The normalized spacial score (nSPS) is 11.9. The van der Waals surface area contributed by atoms with Gasteiger partial charge >= 0.3 is 0 Å². The summed E-state index contributed by atoms with van der Waals surface area (Å²) in [4.78, 5) is 21.9. The van der Waals surface area contributed by atoms with Crippen LogP contribution < -0.4 is 19.6 Å². The average molecular weight is 437 g/mol. The molecule has 4 rings (SSSR count). The summed E-state index contributed by atoms with van der Waals surface area (Å²) in [6.45, 7) is 5.30. The molecule has 1 aromatic carbocycles. The molecule has 0 saturated heterocycles. The molecule has 0 aliphatic heterocycles. The summed E-state index contributed by atoms with van der Waals surface area (Å²) in [6, 6.07) is 9.40. The first-order valence-electron chi connectivity index (χ1n) is 10.4. The van der Waals surface area contributed by atoms with E-state index in [9.17, 15) is 4.79 Å². The van der Waals surface area contributed by atoms with Crippen molar-refractivity contribution in [2.24, 2.45) is 0 Å². The number of thiazole rings is 1. The molecular weight excluding hydrogens is 412 g/mol. The van der Waals surface area contributed by atoms with Crippen LogP contribution in [0.2, 0.25) is 0 Å². The van der Waals surface area contributed by atoms with Crippen LogP contribution in [0.15, 0.2) is 47.5 Å². The van der Waals surface area contributed by atoms with Crippen LogP contribution in [0.5, 0.6) is 11.5 Å². The van der Waals surface area contributed by atoms with Crippen molar-refractivity contribution in [3.8, 4) is 22.9 Å². The van der Waals surface area contributed by atoms with Gasteiger partial charge in [-0.3, -0.25) is 9.78 Å². The summed E-state index contributed by atoms with van der Waals surface area (Å²) in [5, 5.41) is 4.35. The Morgan fingerprint density at radius 2 is 2.03 bits per heavy atom. The molecule has 7 nitrogen and oxygen atoms in total. The van der Waals surface area contributed by atoms with Crippen LogP contribution in [-0.4, -0.2) is 32.8 Å². The summed E-state index contributed by atoms with van der Waals surface area (Å²) >= 11 is 1.31. The summed E-state index contributed by atoms with van der Waals surface area (Å²) in [5.74, 6) is 1.89. The van der Waals surface area contributed by atoms with E-state index in [2.05, 4.69) is 22.0 Å². The predicted molar refractivity (Wildman–Crippen MR) is 122 cm³/mol. The van der Waals surface area contributed by atoms with Crippen LogP contribution >= 0.6 is 11.3 Å². The molecule has 160 valence electrons. The van der Waals surface area contributed by atoms with E-state index < -0.39 is 0 Å². The van der Waals surface area contributed by atoms with Gasteiger partial charge in [0.2, 0.25) is 4.96 Å². The second-order valence-electron chi connectivity index (χ2n) is 6.98. The Balaban J connectivity index is 1.63. The smallest absolute Gasteiger partial charge is 0.291 e. The van der Waals surface area contributed by atoms with Crippen molar-refractivity contribution in [2.75, 3.05) is 13.2 Å². The van der Waals surface area contributed by atoms with Crippen LogP contribution in [0.25, 0.3) is 22.4 Å². The molecule has 3 heterocycles. The van der Waals surface area contributed by atoms with Crippen LogP contribution in [0.3, 0.4) is 0 Å². The molecular formula is C23H24N4O3S. The first kappa shape index (κ1) is 21.0. The summed E-state index contributed by atoms with van der Waals surface area (Å²) in [7, 11) is 0. The first-order valence-corrected chi connectivity index (χ1v) is 11.2. The zero-order chi connectivity index (χ0) is 21.6. The number of pyridine rings is 1. The van der Waals surface area contributed by atoms with Crippen molar-refractivity contribution in [1.29, 1.82) is 0 Å². The Labute approximate surface area is 184 Å². The Morgan fingerprint density at radius 1 is 1.13 bits per heavy atom. The minimum atomic E-state index is -0.194.